The number of ketones is 1. The highest BCUT2D eigenvalue weighted by atomic mass is 16.5. The number of fused-ring (bicyclic) bond motifs is 1. The summed E-state index contributed by atoms with van der Waals surface area (Å²) in [6.07, 6.45) is 0. The monoisotopic (exact) mass is 405 g/mol. The lowest BCUT2D eigenvalue weighted by atomic mass is 9.89. The number of Topliss-reactive ketones (excluding diaryl/α,β-unsaturated/α-hetero) is 1. The van der Waals surface area contributed by atoms with E-state index in [-0.39, 0.29) is 23.0 Å². The minimum atomic E-state index is -0.755. The number of methoxy groups -OCH3 is 2. The molecule has 0 bridgehead atoms. The van der Waals surface area contributed by atoms with Crippen molar-refractivity contribution in [1.29, 1.82) is 0 Å². The maximum atomic E-state index is 13.6. The van der Waals surface area contributed by atoms with Gasteiger partial charge in [0.2, 0.25) is 5.95 Å². The Morgan fingerprint density at radius 3 is 2.57 bits per heavy atom. The van der Waals surface area contributed by atoms with Crippen molar-refractivity contribution in [3.63, 3.8) is 0 Å². The van der Waals surface area contributed by atoms with Gasteiger partial charge in [-0.25, -0.2) is 4.79 Å². The van der Waals surface area contributed by atoms with Crippen molar-refractivity contribution in [2.45, 2.75) is 13.0 Å². The molecule has 0 saturated carbocycles. The van der Waals surface area contributed by atoms with Crippen molar-refractivity contribution in [2.75, 3.05) is 19.5 Å². The summed E-state index contributed by atoms with van der Waals surface area (Å²) in [6.45, 7) is 1.93. The number of ether oxygens (including phenoxy) is 2. The molecule has 2 heterocycles. The molecule has 9 heteroatoms. The van der Waals surface area contributed by atoms with Gasteiger partial charge in [0.05, 0.1) is 19.8 Å². The Bertz CT molecular complexity index is 1150. The van der Waals surface area contributed by atoms with Crippen LogP contribution in [0.3, 0.4) is 0 Å². The lowest BCUT2D eigenvalue weighted by Crippen LogP contribution is -2.33. The van der Waals surface area contributed by atoms with Crippen LogP contribution in [0, 0.1) is 6.92 Å². The Kier molecular flexibility index (Phi) is 5.01. The van der Waals surface area contributed by atoms with Crippen LogP contribution in [0.25, 0.3) is 0 Å². The third-order valence-electron chi connectivity index (χ3n) is 4.87. The van der Waals surface area contributed by atoms with E-state index in [1.165, 1.54) is 11.8 Å². The Labute approximate surface area is 172 Å². The van der Waals surface area contributed by atoms with E-state index in [1.54, 1.807) is 37.4 Å². The molecule has 1 atom stereocenters. The number of aromatic nitrogens is 4. The number of allylic oxidation sites excluding steroid dienone is 1. The van der Waals surface area contributed by atoms with Crippen molar-refractivity contribution in [2.24, 2.45) is 0 Å². The summed E-state index contributed by atoms with van der Waals surface area (Å²) in [7, 11) is 2.81. The number of anilines is 1. The van der Waals surface area contributed by atoms with Crippen LogP contribution in [-0.4, -0.2) is 46.2 Å². The quantitative estimate of drug-likeness (QED) is 0.509. The summed E-state index contributed by atoms with van der Waals surface area (Å²) in [5, 5.41) is 14.5. The maximum Gasteiger partial charge on any atom is 0.355 e. The van der Waals surface area contributed by atoms with Crippen LogP contribution in [-0.2, 0) is 9.53 Å². The Morgan fingerprint density at radius 1 is 1.10 bits per heavy atom. The molecule has 30 heavy (non-hydrogen) atoms. The van der Waals surface area contributed by atoms with Gasteiger partial charge in [0.25, 0.3) is 0 Å². The first-order valence-electron chi connectivity index (χ1n) is 9.16. The van der Waals surface area contributed by atoms with Gasteiger partial charge in [-0.05, 0) is 35.0 Å². The van der Waals surface area contributed by atoms with E-state index in [0.717, 1.165) is 5.56 Å². The fourth-order valence-corrected chi connectivity index (χ4v) is 3.37. The Hall–Kier alpha value is -4.01. The third-order valence-corrected chi connectivity index (χ3v) is 4.87. The van der Waals surface area contributed by atoms with Gasteiger partial charge in [-0.3, -0.25) is 4.79 Å². The van der Waals surface area contributed by atoms with E-state index in [2.05, 4.69) is 20.8 Å². The summed E-state index contributed by atoms with van der Waals surface area (Å²) in [6, 6.07) is 13.5. The molecule has 1 aliphatic rings. The third kappa shape index (κ3) is 3.30. The predicted octanol–water partition coefficient (Wildman–Crippen LogP) is 2.32. The number of rotatable bonds is 5. The maximum absolute atomic E-state index is 13.6. The van der Waals surface area contributed by atoms with Gasteiger partial charge < -0.3 is 14.8 Å². The van der Waals surface area contributed by atoms with Crippen LogP contribution in [0.4, 0.5) is 5.95 Å². The first kappa shape index (κ1) is 19.3. The highest BCUT2D eigenvalue weighted by Gasteiger charge is 2.38. The van der Waals surface area contributed by atoms with Gasteiger partial charge in [0.15, 0.2) is 5.78 Å². The van der Waals surface area contributed by atoms with E-state index in [9.17, 15) is 9.59 Å². The summed E-state index contributed by atoms with van der Waals surface area (Å²) in [5.41, 5.74) is 2.31. The van der Waals surface area contributed by atoms with Crippen molar-refractivity contribution in [1.82, 2.24) is 20.2 Å². The minimum Gasteiger partial charge on any atom is -0.497 e. The fraction of sp³-hybridized carbons (Fsp3) is 0.190. The normalized spacial score (nSPS) is 15.2. The van der Waals surface area contributed by atoms with Crippen LogP contribution in [0.5, 0.6) is 5.75 Å². The molecule has 0 saturated heterocycles. The summed E-state index contributed by atoms with van der Waals surface area (Å²) < 4.78 is 11.7. The Morgan fingerprint density at radius 2 is 1.87 bits per heavy atom. The lowest BCUT2D eigenvalue weighted by molar-refractivity contribution is -0.136. The molecule has 9 nitrogen and oxygen atoms in total. The van der Waals surface area contributed by atoms with Crippen LogP contribution >= 0.6 is 0 Å². The van der Waals surface area contributed by atoms with Gasteiger partial charge in [-0.1, -0.05) is 47.1 Å². The zero-order chi connectivity index (χ0) is 21.3. The number of nitrogens with zero attached hydrogens (tertiary/aromatic N) is 4. The van der Waals surface area contributed by atoms with Crippen molar-refractivity contribution in [3.05, 3.63) is 76.5 Å². The molecule has 1 unspecified atom stereocenters. The fourth-order valence-electron chi connectivity index (χ4n) is 3.37. The second-order valence-corrected chi connectivity index (χ2v) is 6.73. The van der Waals surface area contributed by atoms with Gasteiger partial charge in [-0.2, -0.15) is 4.68 Å². The van der Waals surface area contributed by atoms with Crippen molar-refractivity contribution >= 4 is 17.7 Å². The number of carbonyl (C=O) groups excluding carboxylic acids is 2. The summed E-state index contributed by atoms with van der Waals surface area (Å²) >= 11 is 0. The topological polar surface area (TPSA) is 108 Å². The second kappa shape index (κ2) is 7.78. The number of carbonyl (C=O) groups is 2. The van der Waals surface area contributed by atoms with Crippen molar-refractivity contribution < 1.29 is 19.1 Å². The van der Waals surface area contributed by atoms with Crippen molar-refractivity contribution in [3.8, 4) is 5.75 Å². The molecule has 0 spiro atoms. The zero-order valence-electron chi connectivity index (χ0n) is 16.6. The van der Waals surface area contributed by atoms with Crippen LogP contribution in [0.1, 0.15) is 27.5 Å². The second-order valence-electron chi connectivity index (χ2n) is 6.73. The molecule has 152 valence electrons. The lowest BCUT2D eigenvalue weighted by Gasteiger charge is -2.28. The molecule has 2 aromatic carbocycles. The largest absolute Gasteiger partial charge is 0.497 e. The van der Waals surface area contributed by atoms with Gasteiger partial charge in [-0.15, -0.1) is 0 Å². The van der Waals surface area contributed by atoms with E-state index in [0.29, 0.717) is 16.9 Å². The first-order valence-corrected chi connectivity index (χ1v) is 9.16. The summed E-state index contributed by atoms with van der Waals surface area (Å²) in [5.74, 6) is -0.199. The van der Waals surface area contributed by atoms with Gasteiger partial charge in [0, 0.05) is 5.56 Å². The van der Waals surface area contributed by atoms with Crippen LogP contribution in [0.15, 0.2) is 59.8 Å². The van der Waals surface area contributed by atoms with Gasteiger partial charge >= 0.3 is 5.97 Å². The standard InChI is InChI=1S/C21H19N5O4/c1-12-7-9-13(10-8-12)19(27)16-17(20(28)30-3)22-21-23-24-25-26(21)18(16)14-5-4-6-15(11-14)29-2/h4-11,18H,1-3H3,(H,22,23,25). The average molecular weight is 405 g/mol. The SMILES string of the molecule is COC(=O)C1=C(C(=O)c2ccc(C)cc2)C(c2cccc(OC)c2)n2nnnc2N1. The first-order chi connectivity index (χ1) is 14.5. The summed E-state index contributed by atoms with van der Waals surface area (Å²) in [4.78, 5) is 26.2. The minimum absolute atomic E-state index is 0.00167. The number of hydrogen-bond donors (Lipinski definition) is 1. The van der Waals surface area contributed by atoms with E-state index < -0.39 is 12.0 Å². The molecular formula is C21H19N5O4. The number of nitrogens with one attached hydrogen (secondary N) is 1. The molecular weight excluding hydrogens is 386 g/mol. The predicted molar refractivity (Wildman–Crippen MR) is 107 cm³/mol. The average Bonchev–Trinajstić information content (AvgIpc) is 3.25. The molecule has 1 N–H and O–H groups in total. The molecule has 4 rings (SSSR count). The number of hydrogen-bond acceptors (Lipinski definition) is 8. The van der Waals surface area contributed by atoms with E-state index in [4.69, 9.17) is 9.47 Å². The molecule has 0 amide bonds. The van der Waals surface area contributed by atoms with Crippen LogP contribution < -0.4 is 10.1 Å². The van der Waals surface area contributed by atoms with Crippen LogP contribution in [0.2, 0.25) is 0 Å². The highest BCUT2D eigenvalue weighted by Crippen LogP contribution is 2.37. The molecule has 0 aliphatic carbocycles. The zero-order valence-corrected chi connectivity index (χ0v) is 16.6. The smallest absolute Gasteiger partial charge is 0.355 e. The van der Waals surface area contributed by atoms with Gasteiger partial charge in [0.1, 0.15) is 17.5 Å². The number of esters is 1. The highest BCUT2D eigenvalue weighted by molar-refractivity contribution is 6.14. The Balaban J connectivity index is 1.95. The molecule has 1 aliphatic heterocycles. The van der Waals surface area contributed by atoms with E-state index >= 15 is 0 Å². The number of aryl methyl sites for hydroxylation is 1. The number of tetrazole rings is 1. The molecule has 0 fully saturated rings. The molecule has 0 radical (unpaired) electrons. The number of benzene rings is 2. The molecule has 1 aromatic heterocycles. The van der Waals surface area contributed by atoms with E-state index in [1.807, 2.05) is 25.1 Å². The molecule has 3 aromatic rings.